The summed E-state index contributed by atoms with van der Waals surface area (Å²) in [5.74, 6) is -1.71. The molecule has 2 aliphatic heterocycles. The first kappa shape index (κ1) is 33.9. The maximum absolute atomic E-state index is 13.1. The second-order valence-electron chi connectivity index (χ2n) is 8.84. The van der Waals surface area contributed by atoms with Crippen molar-refractivity contribution in [3.8, 4) is 0 Å². The van der Waals surface area contributed by atoms with Gasteiger partial charge in [-0.2, -0.15) is 0 Å². The van der Waals surface area contributed by atoms with E-state index in [2.05, 4.69) is 38.2 Å². The monoisotopic (exact) mass is 731 g/mol. The first-order valence-corrected chi connectivity index (χ1v) is 17.6. The van der Waals surface area contributed by atoms with Gasteiger partial charge in [0.1, 0.15) is 34.5 Å². The highest BCUT2D eigenvalue weighted by atomic mass is 32.1. The highest BCUT2D eigenvalue weighted by Crippen LogP contribution is 2.61. The smallest absolute Gasteiger partial charge is 0.340 e. The maximum atomic E-state index is 13.1. The number of hydrogen-bond donors (Lipinski definition) is 4. The molecule has 0 aliphatic carbocycles. The Balaban J connectivity index is 1.39. The summed E-state index contributed by atoms with van der Waals surface area (Å²) in [5.41, 5.74) is 6.19. The van der Waals surface area contributed by atoms with Gasteiger partial charge in [-0.05, 0) is 11.4 Å². The van der Waals surface area contributed by atoms with Crippen molar-refractivity contribution in [2.45, 2.75) is 30.8 Å². The van der Waals surface area contributed by atoms with Crippen LogP contribution in [-0.4, -0.2) is 74.6 Å². The van der Waals surface area contributed by atoms with Gasteiger partial charge in [-0.15, -0.1) is 11.3 Å². The van der Waals surface area contributed by atoms with Crippen LogP contribution in [-0.2, 0) is 50.6 Å². The van der Waals surface area contributed by atoms with Gasteiger partial charge in [0, 0.05) is 0 Å². The molecular formula is C18H18N6O16P3S2-3. The van der Waals surface area contributed by atoms with Crippen molar-refractivity contribution < 1.29 is 75.0 Å². The summed E-state index contributed by atoms with van der Waals surface area (Å²) in [4.78, 5) is 78.9. The molecule has 246 valence electrons. The summed E-state index contributed by atoms with van der Waals surface area (Å²) < 4.78 is 69.4. The Morgan fingerprint density at radius 3 is 2.60 bits per heavy atom. The number of thiophene rings is 1. The van der Waals surface area contributed by atoms with Gasteiger partial charge in [-0.3, -0.25) is 23.1 Å². The third-order valence-corrected chi connectivity index (χ3v) is 10.7. The van der Waals surface area contributed by atoms with Crippen LogP contribution < -0.4 is 25.7 Å². The Labute approximate surface area is 258 Å². The number of phosphoric ester groups is 1. The summed E-state index contributed by atoms with van der Waals surface area (Å²) in [5, 5.41) is 4.10. The number of carbonyl (C=O) groups excluding carboxylic acids is 2. The van der Waals surface area contributed by atoms with Gasteiger partial charge in [0.05, 0.1) is 25.6 Å². The van der Waals surface area contributed by atoms with Crippen LogP contribution in [0.4, 0.5) is 10.9 Å². The molecule has 8 atom stereocenters. The minimum atomic E-state index is -6.17. The number of ether oxygens (including phenoxy) is 4. The first-order valence-electron chi connectivity index (χ1n) is 11.9. The summed E-state index contributed by atoms with van der Waals surface area (Å²) in [7, 11) is -16.9. The van der Waals surface area contributed by atoms with Crippen LogP contribution in [0.3, 0.4) is 0 Å². The molecular weight excluding hydrogens is 713 g/mol. The number of imidazole rings is 1. The van der Waals surface area contributed by atoms with Gasteiger partial charge in [0.25, 0.3) is 29.4 Å². The van der Waals surface area contributed by atoms with E-state index in [1.165, 1.54) is 22.3 Å². The molecule has 5 N–H and O–H groups in total. The molecule has 3 aromatic rings. The molecule has 0 aromatic carbocycles. The van der Waals surface area contributed by atoms with Crippen molar-refractivity contribution in [2.75, 3.05) is 24.8 Å². The largest absolute Gasteiger partial charge is 0.756 e. The van der Waals surface area contributed by atoms with Gasteiger partial charge >= 0.3 is 5.97 Å². The second-order valence-corrected chi connectivity index (χ2v) is 14.4. The van der Waals surface area contributed by atoms with Crippen LogP contribution in [0.2, 0.25) is 0 Å². The predicted molar refractivity (Wildman–Crippen MR) is 142 cm³/mol. The average Bonchev–Trinajstić information content (AvgIpc) is 3.68. The number of fused-ring (bicyclic) bond motifs is 2. The number of hydrogen-bond acceptors (Lipinski definition) is 20. The van der Waals surface area contributed by atoms with Crippen LogP contribution in [0.5, 0.6) is 0 Å². The van der Waals surface area contributed by atoms with E-state index in [0.29, 0.717) is 0 Å². The van der Waals surface area contributed by atoms with Gasteiger partial charge < -0.3 is 59.1 Å². The van der Waals surface area contributed by atoms with Crippen LogP contribution in [0, 0.1) is 4.64 Å². The van der Waals surface area contributed by atoms with E-state index in [0.717, 1.165) is 18.4 Å². The zero-order valence-electron chi connectivity index (χ0n) is 22.0. The predicted octanol–water partition coefficient (Wildman–Crippen LogP) is -0.987. The normalized spacial score (nSPS) is 26.9. The summed E-state index contributed by atoms with van der Waals surface area (Å²) in [6.45, 7) is -1.03. The van der Waals surface area contributed by atoms with Crippen LogP contribution >= 0.6 is 47.0 Å². The standard InChI is InChI=1S/C18H21N6O16P3S2/c1-34-16(26)6-2-3-45-14(6)22-12(25)17-37-9-7(4-35-42(30,31)40-43(32,33)39-41(27,28)29)36-15(10(9)38-17)24-5-20-8-11(24)21-18(19)23-13(8)44/h2-3,5,7,9-10,15,17H,4H2,1H3,(H,22,25)(H,30,31)(H,32,33)(H2,27,28,29)(H3,19,21,23,44)/p-3/t7?,9?,10?,15?,17-/m1/s1. The molecule has 0 saturated carbocycles. The van der Waals surface area contributed by atoms with Crippen LogP contribution in [0.15, 0.2) is 17.8 Å². The number of aromatic nitrogens is 4. The van der Waals surface area contributed by atoms with E-state index in [1.807, 2.05) is 0 Å². The number of methoxy groups -OCH3 is 1. The molecule has 0 spiro atoms. The second kappa shape index (κ2) is 12.6. The molecule has 2 fully saturated rings. The Morgan fingerprint density at radius 2 is 1.91 bits per heavy atom. The van der Waals surface area contributed by atoms with Crippen molar-refractivity contribution >= 4 is 81.0 Å². The number of aromatic amines is 1. The molecule has 45 heavy (non-hydrogen) atoms. The number of H-pyrrole nitrogens is 1. The van der Waals surface area contributed by atoms with Gasteiger partial charge in [-0.1, -0.05) is 12.2 Å². The third-order valence-electron chi connectivity index (χ3n) is 5.91. The third kappa shape index (κ3) is 7.57. The SMILES string of the molecule is COC(=O)c1ccsc1NC(=O)[C@@H]1OC2C(COP(=O)([O-])OP(=O)([O-])OP(=O)([O-])O)OC(n3cnc4c(=S)nc(N)[nH]c43)C2O1. The van der Waals surface area contributed by atoms with Crippen molar-refractivity contribution in [2.24, 2.45) is 0 Å². The van der Waals surface area contributed by atoms with E-state index in [1.54, 1.807) is 0 Å². The zero-order valence-corrected chi connectivity index (χ0v) is 26.3. The number of nitrogens with one attached hydrogen (secondary N) is 2. The number of carbonyl (C=O) groups is 2. The van der Waals surface area contributed by atoms with Gasteiger partial charge in [-0.25, -0.2) is 23.4 Å². The maximum Gasteiger partial charge on any atom is 0.340 e. The number of anilines is 2. The Bertz CT molecular complexity index is 1840. The zero-order chi connectivity index (χ0) is 32.9. The molecule has 5 heterocycles. The molecule has 3 aromatic heterocycles. The number of amides is 1. The lowest BCUT2D eigenvalue weighted by Crippen LogP contribution is -2.34. The Hall–Kier alpha value is -2.50. The number of nitrogens with two attached hydrogens (primary N) is 1. The first-order chi connectivity index (χ1) is 21.0. The summed E-state index contributed by atoms with van der Waals surface area (Å²) >= 11 is 6.17. The number of nitrogen functional groups attached to an aromatic ring is 1. The molecule has 0 bridgehead atoms. The lowest BCUT2D eigenvalue weighted by Gasteiger charge is -2.33. The van der Waals surface area contributed by atoms with Crippen LogP contribution in [0.25, 0.3) is 11.2 Å². The van der Waals surface area contributed by atoms with E-state index < -0.39 is 72.8 Å². The summed E-state index contributed by atoms with van der Waals surface area (Å²) in [6, 6.07) is 1.41. The Morgan fingerprint density at radius 1 is 1.20 bits per heavy atom. The van der Waals surface area contributed by atoms with E-state index >= 15 is 0 Å². The molecule has 5 rings (SSSR count). The highest BCUT2D eigenvalue weighted by Gasteiger charge is 2.55. The fourth-order valence-electron chi connectivity index (χ4n) is 4.26. The van der Waals surface area contributed by atoms with Crippen LogP contribution in [0.1, 0.15) is 16.6 Å². The minimum absolute atomic E-state index is 0.0202. The molecule has 2 saturated heterocycles. The quantitative estimate of drug-likeness (QED) is 0.104. The van der Waals surface area contributed by atoms with E-state index in [-0.39, 0.29) is 32.3 Å². The number of rotatable bonds is 11. The van der Waals surface area contributed by atoms with Gasteiger partial charge in [0.15, 0.2) is 16.8 Å². The average molecular weight is 731 g/mol. The molecule has 22 nitrogen and oxygen atoms in total. The lowest BCUT2D eigenvalue weighted by atomic mass is 10.1. The van der Waals surface area contributed by atoms with Crippen molar-refractivity contribution in [3.05, 3.63) is 28.0 Å². The fourth-order valence-corrected chi connectivity index (χ4v) is 8.18. The topological polar surface area (TPSA) is 324 Å². The minimum Gasteiger partial charge on any atom is -0.756 e. The number of esters is 1. The van der Waals surface area contributed by atoms with E-state index in [9.17, 15) is 38.0 Å². The van der Waals surface area contributed by atoms with Gasteiger partial charge in [0.2, 0.25) is 6.29 Å². The van der Waals surface area contributed by atoms with E-state index in [4.69, 9.17) is 37.1 Å². The van der Waals surface area contributed by atoms with Crippen molar-refractivity contribution in [3.63, 3.8) is 0 Å². The number of nitrogens with zero attached hydrogens (tertiary/aromatic N) is 3. The molecule has 1 amide bonds. The molecule has 27 heteroatoms. The molecule has 2 aliphatic rings. The highest BCUT2D eigenvalue weighted by molar-refractivity contribution is 7.71. The fraction of sp³-hybridized carbons (Fsp3) is 0.389. The molecule has 7 unspecified atom stereocenters. The lowest BCUT2D eigenvalue weighted by molar-refractivity contribution is -0.250. The number of phosphoric acid groups is 3. The van der Waals surface area contributed by atoms with Crippen molar-refractivity contribution in [1.29, 1.82) is 0 Å². The van der Waals surface area contributed by atoms with Crippen molar-refractivity contribution in [1.82, 2.24) is 19.5 Å². The Kier molecular flexibility index (Phi) is 9.48. The summed E-state index contributed by atoms with van der Waals surface area (Å²) in [6.07, 6.45) is -5.59. The molecule has 0 radical (unpaired) electrons.